The van der Waals surface area contributed by atoms with Gasteiger partial charge in [-0.1, -0.05) is 11.6 Å². The third-order valence-electron chi connectivity index (χ3n) is 1.89. The van der Waals surface area contributed by atoms with Gasteiger partial charge in [0.25, 0.3) is 5.91 Å². The normalized spacial score (nSPS) is 9.76. The highest BCUT2D eigenvalue weighted by Crippen LogP contribution is 2.22. The van der Waals surface area contributed by atoms with Crippen LogP contribution in [0.1, 0.15) is 10.4 Å². The van der Waals surface area contributed by atoms with E-state index in [9.17, 15) is 9.59 Å². The van der Waals surface area contributed by atoms with Crippen molar-refractivity contribution in [2.75, 3.05) is 13.1 Å². The minimum Gasteiger partial charge on any atom is -0.352 e. The Hall–Kier alpha value is -1.27. The summed E-state index contributed by atoms with van der Waals surface area (Å²) in [7, 11) is 0. The van der Waals surface area contributed by atoms with E-state index in [1.165, 1.54) is 0 Å². The lowest BCUT2D eigenvalue weighted by molar-refractivity contribution is 0.0954. The van der Waals surface area contributed by atoms with Crippen LogP contribution >= 0.6 is 27.5 Å². The molecule has 0 aliphatic carbocycles. The van der Waals surface area contributed by atoms with Crippen molar-refractivity contribution in [3.8, 4) is 0 Å². The van der Waals surface area contributed by atoms with Gasteiger partial charge in [-0.2, -0.15) is 0 Å². The van der Waals surface area contributed by atoms with Crippen LogP contribution in [0, 0.1) is 0 Å². The lowest BCUT2D eigenvalue weighted by atomic mass is 10.2. The van der Waals surface area contributed by atoms with E-state index < -0.39 is 6.03 Å². The number of primary amides is 1. The van der Waals surface area contributed by atoms with Crippen molar-refractivity contribution >= 4 is 39.5 Å². The number of halogens is 2. The number of hydrogen-bond donors (Lipinski definition) is 3. The Bertz CT molecular complexity index is 440. The molecular formula is C10H11BrClN3O2. The van der Waals surface area contributed by atoms with Crippen molar-refractivity contribution in [2.45, 2.75) is 0 Å². The van der Waals surface area contributed by atoms with Gasteiger partial charge in [0.15, 0.2) is 0 Å². The summed E-state index contributed by atoms with van der Waals surface area (Å²) in [5.41, 5.74) is 5.36. The summed E-state index contributed by atoms with van der Waals surface area (Å²) < 4.78 is 0.655. The monoisotopic (exact) mass is 319 g/mol. The topological polar surface area (TPSA) is 84.2 Å². The Labute approximate surface area is 112 Å². The minimum atomic E-state index is -0.617. The second-order valence-corrected chi connectivity index (χ2v) is 4.44. The van der Waals surface area contributed by atoms with Crippen LogP contribution < -0.4 is 16.4 Å². The maximum absolute atomic E-state index is 11.6. The Morgan fingerprint density at radius 2 is 1.94 bits per heavy atom. The van der Waals surface area contributed by atoms with Crippen molar-refractivity contribution in [1.29, 1.82) is 0 Å². The number of benzene rings is 1. The molecule has 0 unspecified atom stereocenters. The summed E-state index contributed by atoms with van der Waals surface area (Å²) in [4.78, 5) is 22.0. The van der Waals surface area contributed by atoms with Crippen LogP contribution in [0.2, 0.25) is 5.02 Å². The molecule has 1 aromatic rings. The molecule has 0 aliphatic rings. The second kappa shape index (κ2) is 6.46. The summed E-state index contributed by atoms with van der Waals surface area (Å²) in [6.45, 7) is 0.595. The first-order chi connectivity index (χ1) is 8.00. The summed E-state index contributed by atoms with van der Waals surface area (Å²) >= 11 is 9.04. The molecule has 0 atom stereocenters. The SMILES string of the molecule is NC(=O)NCCNC(=O)c1ccc(Cl)c(Br)c1. The highest BCUT2D eigenvalue weighted by atomic mass is 79.9. The van der Waals surface area contributed by atoms with E-state index in [-0.39, 0.29) is 12.5 Å². The maximum Gasteiger partial charge on any atom is 0.312 e. The molecule has 17 heavy (non-hydrogen) atoms. The lowest BCUT2D eigenvalue weighted by Crippen LogP contribution is -2.37. The molecule has 1 aromatic carbocycles. The van der Waals surface area contributed by atoms with Crippen LogP contribution in [0.5, 0.6) is 0 Å². The van der Waals surface area contributed by atoms with Gasteiger partial charge < -0.3 is 16.4 Å². The van der Waals surface area contributed by atoms with Crippen molar-refractivity contribution in [3.63, 3.8) is 0 Å². The number of hydrogen-bond acceptors (Lipinski definition) is 2. The molecule has 0 heterocycles. The van der Waals surface area contributed by atoms with Crippen molar-refractivity contribution in [1.82, 2.24) is 10.6 Å². The van der Waals surface area contributed by atoms with Gasteiger partial charge >= 0.3 is 6.03 Å². The molecule has 0 saturated carbocycles. The average molecular weight is 321 g/mol. The summed E-state index contributed by atoms with van der Waals surface area (Å²) in [5.74, 6) is -0.242. The smallest absolute Gasteiger partial charge is 0.312 e. The van der Waals surface area contributed by atoms with E-state index in [1.807, 2.05) is 0 Å². The van der Waals surface area contributed by atoms with Crippen LogP contribution in [0.15, 0.2) is 22.7 Å². The first-order valence-corrected chi connectivity index (χ1v) is 5.94. The van der Waals surface area contributed by atoms with Crippen molar-refractivity contribution in [2.24, 2.45) is 5.73 Å². The molecule has 4 N–H and O–H groups in total. The standard InChI is InChI=1S/C10H11BrClN3O2/c11-7-5-6(1-2-8(7)12)9(16)14-3-4-15-10(13)17/h1-2,5H,3-4H2,(H,14,16)(H3,13,15,17). The molecule has 92 valence electrons. The lowest BCUT2D eigenvalue weighted by Gasteiger charge is -2.06. The number of carbonyl (C=O) groups is 2. The van der Waals surface area contributed by atoms with Gasteiger partial charge in [0.1, 0.15) is 0 Å². The van der Waals surface area contributed by atoms with Crippen LogP contribution in [-0.2, 0) is 0 Å². The van der Waals surface area contributed by atoms with Crippen LogP contribution in [0.4, 0.5) is 4.79 Å². The van der Waals surface area contributed by atoms with E-state index in [1.54, 1.807) is 18.2 Å². The zero-order valence-electron chi connectivity index (χ0n) is 8.80. The molecule has 1 rings (SSSR count). The Kier molecular flexibility index (Phi) is 5.24. The van der Waals surface area contributed by atoms with E-state index in [0.29, 0.717) is 21.6 Å². The average Bonchev–Trinajstić information content (AvgIpc) is 2.27. The molecular weight excluding hydrogens is 309 g/mol. The van der Waals surface area contributed by atoms with Gasteiger partial charge in [0.2, 0.25) is 0 Å². The van der Waals surface area contributed by atoms with Gasteiger partial charge in [-0.25, -0.2) is 4.79 Å². The largest absolute Gasteiger partial charge is 0.352 e. The quantitative estimate of drug-likeness (QED) is 0.735. The van der Waals surface area contributed by atoms with E-state index in [0.717, 1.165) is 0 Å². The van der Waals surface area contributed by atoms with Crippen molar-refractivity contribution in [3.05, 3.63) is 33.3 Å². The van der Waals surface area contributed by atoms with E-state index in [4.69, 9.17) is 17.3 Å². The van der Waals surface area contributed by atoms with Crippen LogP contribution in [-0.4, -0.2) is 25.0 Å². The summed E-state index contributed by atoms with van der Waals surface area (Å²) in [6, 6.07) is 4.25. The number of nitrogens with two attached hydrogens (primary N) is 1. The minimum absolute atomic E-state index is 0.242. The molecule has 0 saturated heterocycles. The second-order valence-electron chi connectivity index (χ2n) is 3.18. The Balaban J connectivity index is 2.47. The summed E-state index contributed by atoms with van der Waals surface area (Å²) in [6.07, 6.45) is 0. The predicted molar refractivity (Wildman–Crippen MR) is 69.1 cm³/mol. The summed E-state index contributed by atoms with van der Waals surface area (Å²) in [5, 5.41) is 5.53. The number of urea groups is 1. The molecule has 0 aliphatic heterocycles. The van der Waals surface area contributed by atoms with E-state index >= 15 is 0 Å². The van der Waals surface area contributed by atoms with Gasteiger partial charge in [-0.15, -0.1) is 0 Å². The van der Waals surface area contributed by atoms with Crippen LogP contribution in [0.3, 0.4) is 0 Å². The van der Waals surface area contributed by atoms with Gasteiger partial charge in [0, 0.05) is 23.1 Å². The number of amides is 3. The molecule has 0 spiro atoms. The third kappa shape index (κ3) is 4.62. The molecule has 5 nitrogen and oxygen atoms in total. The highest BCUT2D eigenvalue weighted by Gasteiger charge is 2.06. The third-order valence-corrected chi connectivity index (χ3v) is 3.11. The molecule has 0 bridgehead atoms. The Morgan fingerprint density at radius 1 is 1.29 bits per heavy atom. The first-order valence-electron chi connectivity index (χ1n) is 4.77. The molecule has 7 heteroatoms. The Morgan fingerprint density at radius 3 is 2.53 bits per heavy atom. The van der Waals surface area contributed by atoms with Gasteiger partial charge in [-0.05, 0) is 34.1 Å². The highest BCUT2D eigenvalue weighted by molar-refractivity contribution is 9.10. The number of carbonyl (C=O) groups excluding carboxylic acids is 2. The van der Waals surface area contributed by atoms with E-state index in [2.05, 4.69) is 26.6 Å². The zero-order chi connectivity index (χ0) is 12.8. The number of nitrogens with one attached hydrogen (secondary N) is 2. The maximum atomic E-state index is 11.6. The molecule has 0 aromatic heterocycles. The van der Waals surface area contributed by atoms with Gasteiger partial charge in [0.05, 0.1) is 5.02 Å². The van der Waals surface area contributed by atoms with Crippen molar-refractivity contribution < 1.29 is 9.59 Å². The fraction of sp³-hybridized carbons (Fsp3) is 0.200. The fourth-order valence-corrected chi connectivity index (χ4v) is 1.60. The molecule has 0 radical (unpaired) electrons. The zero-order valence-corrected chi connectivity index (χ0v) is 11.1. The first kappa shape index (κ1) is 13.8. The van der Waals surface area contributed by atoms with Gasteiger partial charge in [-0.3, -0.25) is 4.79 Å². The molecule has 0 fully saturated rings. The molecule has 3 amide bonds. The predicted octanol–water partition coefficient (Wildman–Crippen LogP) is 1.50. The fourth-order valence-electron chi connectivity index (χ4n) is 1.10. The number of rotatable bonds is 4. The van der Waals surface area contributed by atoms with Crippen LogP contribution in [0.25, 0.3) is 0 Å².